The van der Waals surface area contributed by atoms with Gasteiger partial charge in [0.15, 0.2) is 5.78 Å². The fourth-order valence-corrected chi connectivity index (χ4v) is 4.35. The third-order valence-electron chi connectivity index (χ3n) is 4.73. The molecule has 0 N–H and O–H groups in total. The highest BCUT2D eigenvalue weighted by Crippen LogP contribution is 2.29. The molecule has 0 saturated heterocycles. The Balaban J connectivity index is 1.58. The number of hydrogen-bond acceptors (Lipinski definition) is 5. The first-order chi connectivity index (χ1) is 13.2. The highest BCUT2D eigenvalue weighted by Gasteiger charge is 2.22. The lowest BCUT2D eigenvalue weighted by Gasteiger charge is -2.14. The van der Waals surface area contributed by atoms with Crippen molar-refractivity contribution in [3.63, 3.8) is 0 Å². The molecule has 136 valence electrons. The number of fused-ring (bicyclic) bond motifs is 1. The first-order valence-corrected chi connectivity index (χ1v) is 9.93. The van der Waals surface area contributed by atoms with Gasteiger partial charge < -0.3 is 0 Å². The van der Waals surface area contributed by atoms with E-state index in [1.54, 1.807) is 17.0 Å². The van der Waals surface area contributed by atoms with Crippen molar-refractivity contribution in [3.05, 3.63) is 87.7 Å². The Bertz CT molecular complexity index is 1020. The van der Waals surface area contributed by atoms with E-state index in [1.807, 2.05) is 42.5 Å². The second kappa shape index (κ2) is 7.88. The molecule has 6 heteroatoms. The molecular formula is C21H19N3O2S. The number of ketones is 1. The van der Waals surface area contributed by atoms with Gasteiger partial charge in [0.2, 0.25) is 0 Å². The van der Waals surface area contributed by atoms with Gasteiger partial charge in [-0.3, -0.25) is 14.3 Å². The second-order valence-electron chi connectivity index (χ2n) is 6.50. The highest BCUT2D eigenvalue weighted by atomic mass is 32.2. The maximum Gasteiger partial charge on any atom is 0.349 e. The summed E-state index contributed by atoms with van der Waals surface area (Å²) in [6.45, 7) is 0.505. The van der Waals surface area contributed by atoms with E-state index in [9.17, 15) is 9.59 Å². The van der Waals surface area contributed by atoms with E-state index >= 15 is 0 Å². The first-order valence-electron chi connectivity index (χ1n) is 8.95. The van der Waals surface area contributed by atoms with Crippen LogP contribution in [0.15, 0.2) is 64.7 Å². The number of benzene rings is 1. The summed E-state index contributed by atoms with van der Waals surface area (Å²) in [5.74, 6) is 0.340. The van der Waals surface area contributed by atoms with E-state index in [0.717, 1.165) is 36.1 Å². The van der Waals surface area contributed by atoms with Crippen molar-refractivity contribution < 1.29 is 4.79 Å². The molecule has 0 saturated carbocycles. The molecule has 0 radical (unpaired) electrons. The number of thioether (sulfide) groups is 1. The SMILES string of the molecule is O=C(CSc1nc(=O)n(Cc2ccncc2)c2c1CCC2)c1ccccc1. The van der Waals surface area contributed by atoms with Gasteiger partial charge in [0, 0.05) is 29.2 Å². The molecule has 0 spiro atoms. The van der Waals surface area contributed by atoms with Crippen molar-refractivity contribution in [1.82, 2.24) is 14.5 Å². The summed E-state index contributed by atoms with van der Waals surface area (Å²) < 4.78 is 1.76. The van der Waals surface area contributed by atoms with E-state index in [2.05, 4.69) is 9.97 Å². The fraction of sp³-hybridized carbons (Fsp3) is 0.238. The molecule has 4 rings (SSSR count). The van der Waals surface area contributed by atoms with Crippen molar-refractivity contribution in [2.45, 2.75) is 30.8 Å². The zero-order valence-corrected chi connectivity index (χ0v) is 15.6. The van der Waals surface area contributed by atoms with Gasteiger partial charge >= 0.3 is 5.69 Å². The van der Waals surface area contributed by atoms with Gasteiger partial charge in [0.25, 0.3) is 0 Å². The van der Waals surface area contributed by atoms with Crippen LogP contribution in [-0.2, 0) is 19.4 Å². The fourth-order valence-electron chi connectivity index (χ4n) is 3.38. The van der Waals surface area contributed by atoms with Gasteiger partial charge in [0.05, 0.1) is 12.3 Å². The minimum Gasteiger partial charge on any atom is -0.293 e. The highest BCUT2D eigenvalue weighted by molar-refractivity contribution is 8.00. The van der Waals surface area contributed by atoms with Gasteiger partial charge in [-0.2, -0.15) is 4.98 Å². The second-order valence-corrected chi connectivity index (χ2v) is 7.46. The monoisotopic (exact) mass is 377 g/mol. The molecule has 0 amide bonds. The summed E-state index contributed by atoms with van der Waals surface area (Å²) in [5.41, 5.74) is 3.65. The molecule has 0 aliphatic heterocycles. The molecule has 0 unspecified atom stereocenters. The van der Waals surface area contributed by atoms with E-state index in [4.69, 9.17) is 0 Å². The quantitative estimate of drug-likeness (QED) is 0.375. The van der Waals surface area contributed by atoms with Crippen LogP contribution < -0.4 is 5.69 Å². The summed E-state index contributed by atoms with van der Waals surface area (Å²) in [6, 6.07) is 13.0. The molecule has 0 bridgehead atoms. The van der Waals surface area contributed by atoms with Crippen LogP contribution in [0.1, 0.15) is 33.6 Å². The Morgan fingerprint density at radius 3 is 2.63 bits per heavy atom. The van der Waals surface area contributed by atoms with Gasteiger partial charge in [-0.05, 0) is 37.0 Å². The number of carbonyl (C=O) groups excluding carboxylic acids is 1. The number of carbonyl (C=O) groups is 1. The number of aromatic nitrogens is 3. The van der Waals surface area contributed by atoms with Crippen molar-refractivity contribution in [2.75, 3.05) is 5.75 Å². The molecule has 2 heterocycles. The number of rotatable bonds is 6. The summed E-state index contributed by atoms with van der Waals surface area (Å²) in [4.78, 5) is 33.4. The van der Waals surface area contributed by atoms with Gasteiger partial charge in [-0.25, -0.2) is 4.79 Å². The lowest BCUT2D eigenvalue weighted by Crippen LogP contribution is -2.27. The van der Waals surface area contributed by atoms with Crippen molar-refractivity contribution in [1.29, 1.82) is 0 Å². The molecule has 27 heavy (non-hydrogen) atoms. The number of hydrogen-bond donors (Lipinski definition) is 0. The summed E-state index contributed by atoms with van der Waals surface area (Å²) >= 11 is 1.37. The molecular weight excluding hydrogens is 358 g/mol. The third-order valence-corrected chi connectivity index (χ3v) is 5.74. The van der Waals surface area contributed by atoms with E-state index < -0.39 is 0 Å². The Kier molecular flexibility index (Phi) is 5.16. The van der Waals surface area contributed by atoms with Gasteiger partial charge in [-0.15, -0.1) is 0 Å². The topological polar surface area (TPSA) is 64.8 Å². The van der Waals surface area contributed by atoms with E-state index in [1.165, 1.54) is 11.8 Å². The standard InChI is InChI=1S/C21H19N3O2S/c25-19(16-5-2-1-3-6-16)14-27-20-17-7-4-8-18(17)24(21(26)23-20)13-15-9-11-22-12-10-15/h1-3,5-6,9-12H,4,7-8,13-14H2. The van der Waals surface area contributed by atoms with Crippen LogP contribution in [-0.4, -0.2) is 26.1 Å². The zero-order valence-electron chi connectivity index (χ0n) is 14.8. The minimum absolute atomic E-state index is 0.0510. The van der Waals surface area contributed by atoms with Crippen LogP contribution in [0.2, 0.25) is 0 Å². The zero-order chi connectivity index (χ0) is 18.6. The third kappa shape index (κ3) is 3.85. The Hall–Kier alpha value is -2.73. The van der Waals surface area contributed by atoms with Crippen molar-refractivity contribution in [2.24, 2.45) is 0 Å². The van der Waals surface area contributed by atoms with Gasteiger partial charge in [-0.1, -0.05) is 42.1 Å². The number of nitrogens with zero attached hydrogens (tertiary/aromatic N) is 3. The average molecular weight is 377 g/mol. The van der Waals surface area contributed by atoms with Crippen LogP contribution in [0.25, 0.3) is 0 Å². The number of pyridine rings is 1. The Morgan fingerprint density at radius 2 is 1.85 bits per heavy atom. The lowest BCUT2D eigenvalue weighted by molar-refractivity contribution is 0.102. The Morgan fingerprint density at radius 1 is 1.07 bits per heavy atom. The molecule has 0 atom stereocenters. The lowest BCUT2D eigenvalue weighted by atomic mass is 10.2. The van der Waals surface area contributed by atoms with Crippen LogP contribution in [0.3, 0.4) is 0 Å². The maximum absolute atomic E-state index is 12.7. The average Bonchev–Trinajstić information content (AvgIpc) is 3.20. The number of Topliss-reactive ketones (excluding diaryl/α,β-unsaturated/α-hetero) is 1. The molecule has 1 aliphatic rings. The predicted molar refractivity (Wildman–Crippen MR) is 105 cm³/mol. The van der Waals surface area contributed by atoms with E-state index in [-0.39, 0.29) is 17.2 Å². The Labute approximate surface area is 161 Å². The summed E-state index contributed by atoms with van der Waals surface area (Å²) in [5, 5.41) is 0.711. The minimum atomic E-state index is -0.248. The van der Waals surface area contributed by atoms with Gasteiger partial charge in [0.1, 0.15) is 5.03 Å². The molecule has 3 aromatic rings. The van der Waals surface area contributed by atoms with Crippen LogP contribution in [0.5, 0.6) is 0 Å². The van der Waals surface area contributed by atoms with Crippen molar-refractivity contribution in [3.8, 4) is 0 Å². The van der Waals surface area contributed by atoms with Crippen LogP contribution >= 0.6 is 11.8 Å². The smallest absolute Gasteiger partial charge is 0.293 e. The molecule has 1 aliphatic carbocycles. The normalized spacial score (nSPS) is 12.7. The van der Waals surface area contributed by atoms with Crippen LogP contribution in [0.4, 0.5) is 0 Å². The van der Waals surface area contributed by atoms with Crippen LogP contribution in [0, 0.1) is 0 Å². The molecule has 5 nitrogen and oxygen atoms in total. The van der Waals surface area contributed by atoms with Crippen molar-refractivity contribution >= 4 is 17.5 Å². The largest absolute Gasteiger partial charge is 0.349 e. The molecule has 1 aromatic carbocycles. The maximum atomic E-state index is 12.7. The molecule has 0 fully saturated rings. The molecule has 2 aromatic heterocycles. The van der Waals surface area contributed by atoms with E-state index in [0.29, 0.717) is 17.1 Å². The first kappa shape index (κ1) is 17.7. The summed E-state index contributed by atoms with van der Waals surface area (Å²) in [7, 11) is 0. The predicted octanol–water partition coefficient (Wildman–Crippen LogP) is 3.15. The summed E-state index contributed by atoms with van der Waals surface area (Å²) in [6.07, 6.45) is 6.25.